The number of nitrogens with one attached hydrogen (secondary N) is 1. The first kappa shape index (κ1) is 15.5. The van der Waals surface area contributed by atoms with Crippen molar-refractivity contribution in [1.29, 1.82) is 0 Å². The number of piperidine rings is 1. The summed E-state index contributed by atoms with van der Waals surface area (Å²) in [4.78, 5) is 0. The van der Waals surface area contributed by atoms with Gasteiger partial charge in [-0.15, -0.1) is 0 Å². The van der Waals surface area contributed by atoms with Crippen molar-refractivity contribution in [3.8, 4) is 0 Å². The molecule has 1 aliphatic heterocycles. The Hall–Kier alpha value is 0.110. The van der Waals surface area contributed by atoms with Gasteiger partial charge in [0.25, 0.3) is 0 Å². The second kappa shape index (κ2) is 6.26. The van der Waals surface area contributed by atoms with E-state index in [0.717, 1.165) is 23.1 Å². The van der Waals surface area contributed by atoms with Gasteiger partial charge in [-0.05, 0) is 50.8 Å². The minimum Gasteiger partial charge on any atom is -0.452 e. The zero-order chi connectivity index (χ0) is 14.0. The van der Waals surface area contributed by atoms with Crippen molar-refractivity contribution in [1.82, 2.24) is 9.62 Å². The molecule has 1 saturated heterocycles. The average molecular weight is 416 g/mol. The van der Waals surface area contributed by atoms with E-state index in [4.69, 9.17) is 4.42 Å². The van der Waals surface area contributed by atoms with Gasteiger partial charge in [-0.2, -0.15) is 0 Å². The first-order chi connectivity index (χ1) is 8.86. The molecule has 1 fully saturated rings. The van der Waals surface area contributed by atoms with Gasteiger partial charge in [0.05, 0.1) is 17.3 Å². The summed E-state index contributed by atoms with van der Waals surface area (Å²) in [5, 5.41) is 3.39. The summed E-state index contributed by atoms with van der Waals surface area (Å²) in [5.41, 5.74) is 0. The molecule has 0 spiro atoms. The van der Waals surface area contributed by atoms with E-state index in [1.165, 1.54) is 10.6 Å². The molecule has 0 amide bonds. The quantitative estimate of drug-likeness (QED) is 0.819. The summed E-state index contributed by atoms with van der Waals surface area (Å²) in [6, 6.07) is 2.25. The van der Waals surface area contributed by atoms with Crippen LogP contribution in [0.4, 0.5) is 0 Å². The summed E-state index contributed by atoms with van der Waals surface area (Å²) >= 11 is 6.67. The maximum atomic E-state index is 11.4. The molecule has 0 aromatic carbocycles. The van der Waals surface area contributed by atoms with Crippen molar-refractivity contribution in [2.75, 3.05) is 19.3 Å². The van der Waals surface area contributed by atoms with Crippen molar-refractivity contribution in [3.05, 3.63) is 21.0 Å². The van der Waals surface area contributed by atoms with Gasteiger partial charge in [0, 0.05) is 19.1 Å². The van der Waals surface area contributed by atoms with Crippen LogP contribution in [-0.4, -0.2) is 38.1 Å². The van der Waals surface area contributed by atoms with E-state index in [9.17, 15) is 8.42 Å². The van der Waals surface area contributed by atoms with Crippen molar-refractivity contribution >= 4 is 41.9 Å². The van der Waals surface area contributed by atoms with E-state index in [1.807, 2.05) is 6.07 Å². The first-order valence-electron chi connectivity index (χ1n) is 5.98. The summed E-state index contributed by atoms with van der Waals surface area (Å²) in [7, 11) is -3.04. The molecule has 8 heteroatoms. The van der Waals surface area contributed by atoms with E-state index in [0.29, 0.717) is 30.3 Å². The summed E-state index contributed by atoms with van der Waals surface area (Å²) < 4.78 is 31.4. The highest BCUT2D eigenvalue weighted by molar-refractivity contribution is 9.13. The number of halogens is 2. The van der Waals surface area contributed by atoms with Crippen LogP contribution in [0.1, 0.15) is 18.6 Å². The molecule has 1 aromatic rings. The van der Waals surface area contributed by atoms with E-state index in [2.05, 4.69) is 37.2 Å². The van der Waals surface area contributed by atoms with Crippen LogP contribution in [-0.2, 0) is 16.6 Å². The van der Waals surface area contributed by atoms with Crippen molar-refractivity contribution in [3.63, 3.8) is 0 Å². The lowest BCUT2D eigenvalue weighted by Crippen LogP contribution is -2.44. The van der Waals surface area contributed by atoms with Crippen molar-refractivity contribution < 1.29 is 12.8 Å². The minimum atomic E-state index is -3.04. The van der Waals surface area contributed by atoms with E-state index >= 15 is 0 Å². The minimum absolute atomic E-state index is 0.334. The number of rotatable bonds is 4. The third-order valence-corrected chi connectivity index (χ3v) is 6.20. The Bertz CT molecular complexity index is 517. The lowest BCUT2D eigenvalue weighted by molar-refractivity contribution is 0.284. The van der Waals surface area contributed by atoms with Gasteiger partial charge in [0.15, 0.2) is 4.67 Å². The molecule has 0 radical (unpaired) electrons. The van der Waals surface area contributed by atoms with Crippen LogP contribution in [0.3, 0.4) is 0 Å². The summed E-state index contributed by atoms with van der Waals surface area (Å²) in [6.07, 6.45) is 2.92. The van der Waals surface area contributed by atoms with Crippen LogP contribution in [0.5, 0.6) is 0 Å². The Morgan fingerprint density at radius 2 is 2.05 bits per heavy atom. The highest BCUT2D eigenvalue weighted by atomic mass is 79.9. The SMILES string of the molecule is CS(=O)(=O)N1CCC(NCc2cc(Br)c(Br)o2)CC1. The fourth-order valence-electron chi connectivity index (χ4n) is 2.12. The van der Waals surface area contributed by atoms with Gasteiger partial charge in [-0.1, -0.05) is 0 Å². The Morgan fingerprint density at radius 3 is 2.53 bits per heavy atom. The van der Waals surface area contributed by atoms with Crippen LogP contribution >= 0.6 is 31.9 Å². The fourth-order valence-corrected chi connectivity index (χ4v) is 3.65. The molecule has 2 heterocycles. The monoisotopic (exact) mass is 414 g/mol. The highest BCUT2D eigenvalue weighted by Gasteiger charge is 2.24. The Morgan fingerprint density at radius 1 is 1.42 bits per heavy atom. The van der Waals surface area contributed by atoms with Crippen LogP contribution < -0.4 is 5.32 Å². The molecular weight excluding hydrogens is 400 g/mol. The molecule has 19 heavy (non-hydrogen) atoms. The van der Waals surface area contributed by atoms with Crippen LogP contribution in [0.25, 0.3) is 0 Å². The second-order valence-electron chi connectivity index (χ2n) is 4.65. The molecule has 0 aliphatic carbocycles. The molecule has 108 valence electrons. The van der Waals surface area contributed by atoms with Crippen molar-refractivity contribution in [2.45, 2.75) is 25.4 Å². The fraction of sp³-hybridized carbons (Fsp3) is 0.636. The average Bonchev–Trinajstić information content (AvgIpc) is 2.66. The van der Waals surface area contributed by atoms with Crippen LogP contribution in [0.15, 0.2) is 19.6 Å². The Kier molecular flexibility index (Phi) is 5.10. The first-order valence-corrected chi connectivity index (χ1v) is 9.42. The number of furan rings is 1. The van der Waals surface area contributed by atoms with Gasteiger partial charge in [0.2, 0.25) is 10.0 Å². The maximum Gasteiger partial charge on any atom is 0.211 e. The molecule has 1 aliphatic rings. The molecular formula is C11H16Br2N2O3S. The lowest BCUT2D eigenvalue weighted by atomic mass is 10.1. The van der Waals surface area contributed by atoms with Crippen LogP contribution in [0, 0.1) is 0 Å². The topological polar surface area (TPSA) is 62.6 Å². The standard InChI is InChI=1S/C11H16Br2N2O3S/c1-19(16,17)15-4-2-8(3-5-15)14-7-9-6-10(12)11(13)18-9/h6,8,14H,2-5,7H2,1H3. The Balaban J connectivity index is 1.80. The zero-order valence-electron chi connectivity index (χ0n) is 10.5. The predicted molar refractivity (Wildman–Crippen MR) is 80.4 cm³/mol. The number of hydrogen-bond acceptors (Lipinski definition) is 4. The molecule has 5 nitrogen and oxygen atoms in total. The molecule has 0 saturated carbocycles. The van der Waals surface area contributed by atoms with Gasteiger partial charge in [-0.25, -0.2) is 12.7 Å². The highest BCUT2D eigenvalue weighted by Crippen LogP contribution is 2.26. The number of nitrogens with zero attached hydrogens (tertiary/aromatic N) is 1. The summed E-state index contributed by atoms with van der Waals surface area (Å²) in [5.74, 6) is 0.851. The molecule has 1 N–H and O–H groups in total. The zero-order valence-corrected chi connectivity index (χ0v) is 14.5. The maximum absolute atomic E-state index is 11.4. The van der Waals surface area contributed by atoms with Gasteiger partial charge in [0.1, 0.15) is 5.76 Å². The second-order valence-corrected chi connectivity index (χ2v) is 8.21. The van der Waals surface area contributed by atoms with Crippen molar-refractivity contribution in [2.24, 2.45) is 0 Å². The third-order valence-electron chi connectivity index (χ3n) is 3.18. The molecule has 2 rings (SSSR count). The van der Waals surface area contributed by atoms with E-state index in [1.54, 1.807) is 0 Å². The number of sulfonamides is 1. The molecule has 1 aromatic heterocycles. The van der Waals surface area contributed by atoms with Gasteiger partial charge in [-0.3, -0.25) is 0 Å². The molecule has 0 bridgehead atoms. The third kappa shape index (κ3) is 4.29. The van der Waals surface area contributed by atoms with E-state index in [-0.39, 0.29) is 0 Å². The van der Waals surface area contributed by atoms with Crippen LogP contribution in [0.2, 0.25) is 0 Å². The molecule has 0 atom stereocenters. The van der Waals surface area contributed by atoms with E-state index < -0.39 is 10.0 Å². The van der Waals surface area contributed by atoms with Gasteiger partial charge < -0.3 is 9.73 Å². The largest absolute Gasteiger partial charge is 0.452 e. The predicted octanol–water partition coefficient (Wildman–Crippen LogP) is 2.32. The normalized spacial score (nSPS) is 18.9. The number of hydrogen-bond donors (Lipinski definition) is 1. The smallest absolute Gasteiger partial charge is 0.211 e. The molecule has 0 unspecified atom stereocenters. The van der Waals surface area contributed by atoms with Gasteiger partial charge >= 0.3 is 0 Å². The summed E-state index contributed by atoms with van der Waals surface area (Å²) in [6.45, 7) is 1.82. The lowest BCUT2D eigenvalue weighted by Gasteiger charge is -2.30. The Labute approximate surface area is 130 Å².